The largest absolute Gasteiger partial charge is 0.377 e. The smallest absolute Gasteiger partial charge is 0.331 e. The van der Waals surface area contributed by atoms with Crippen LogP contribution in [0.3, 0.4) is 0 Å². The predicted molar refractivity (Wildman–Crippen MR) is 112 cm³/mol. The Morgan fingerprint density at radius 3 is 2.69 bits per heavy atom. The molecule has 1 N–H and O–H groups in total. The number of nitrogens with zero attached hydrogens (tertiary/aromatic N) is 3. The second-order valence-corrected chi connectivity index (χ2v) is 8.14. The molecule has 3 heterocycles. The minimum Gasteiger partial charge on any atom is -0.377 e. The molecule has 10 nitrogen and oxygen atoms in total. The molecule has 2 saturated heterocycles. The highest BCUT2D eigenvalue weighted by atomic mass is 16.6. The molecule has 0 aromatic heterocycles. The van der Waals surface area contributed by atoms with Crippen molar-refractivity contribution in [1.82, 2.24) is 10.2 Å². The van der Waals surface area contributed by atoms with Gasteiger partial charge in [0, 0.05) is 30.8 Å². The normalized spacial score (nSPS) is 24.8. The minimum atomic E-state index is -1.63. The fourth-order valence-electron chi connectivity index (χ4n) is 4.89. The summed E-state index contributed by atoms with van der Waals surface area (Å²) in [6.07, 6.45) is -0.0578. The van der Waals surface area contributed by atoms with Gasteiger partial charge in [-0.05, 0) is 17.2 Å². The second-order valence-electron chi connectivity index (χ2n) is 8.14. The van der Waals surface area contributed by atoms with Crippen LogP contribution in [-0.4, -0.2) is 53.5 Å². The van der Waals surface area contributed by atoms with E-state index in [4.69, 9.17) is 4.74 Å². The number of ether oxygens (including phenoxy) is 1. The van der Waals surface area contributed by atoms with E-state index in [1.807, 2.05) is 11.0 Å². The van der Waals surface area contributed by atoms with Gasteiger partial charge in [-0.25, -0.2) is 4.79 Å². The van der Waals surface area contributed by atoms with Gasteiger partial charge in [0.15, 0.2) is 5.41 Å². The van der Waals surface area contributed by atoms with E-state index in [0.29, 0.717) is 18.7 Å². The molecule has 0 unspecified atom stereocenters. The van der Waals surface area contributed by atoms with Crippen molar-refractivity contribution in [3.8, 4) is 0 Å². The van der Waals surface area contributed by atoms with Crippen LogP contribution in [0.4, 0.5) is 16.2 Å². The molecular weight excluding hydrogens is 416 g/mol. The molecule has 2 aromatic rings. The zero-order valence-corrected chi connectivity index (χ0v) is 17.0. The van der Waals surface area contributed by atoms with Crippen LogP contribution in [-0.2, 0) is 27.3 Å². The number of rotatable bonds is 3. The van der Waals surface area contributed by atoms with Crippen LogP contribution in [0.15, 0.2) is 48.5 Å². The number of morpholine rings is 1. The molecule has 164 valence electrons. The Bertz CT molecular complexity index is 1140. The number of nitrogens with one attached hydrogen (secondary N) is 1. The molecule has 3 aliphatic rings. The molecule has 5 rings (SSSR count). The first kappa shape index (κ1) is 20.1. The lowest BCUT2D eigenvalue weighted by Gasteiger charge is -2.53. The fraction of sp³-hybridized carbons (Fsp3) is 0.318. The number of anilines is 1. The Hall–Kier alpha value is -3.79. The molecule has 2 aromatic carbocycles. The number of nitro benzene ring substituents is 1. The lowest BCUT2D eigenvalue weighted by Crippen LogP contribution is -2.73. The van der Waals surface area contributed by atoms with Crippen LogP contribution in [0.1, 0.15) is 11.1 Å². The van der Waals surface area contributed by atoms with Crippen LogP contribution in [0, 0.1) is 15.5 Å². The number of benzene rings is 2. The zero-order valence-electron chi connectivity index (χ0n) is 17.0. The first-order valence-corrected chi connectivity index (χ1v) is 10.2. The average Bonchev–Trinajstić information content (AvgIpc) is 2.80. The highest BCUT2D eigenvalue weighted by Gasteiger charge is 2.62. The summed E-state index contributed by atoms with van der Waals surface area (Å²) in [6, 6.07) is 12.1. The van der Waals surface area contributed by atoms with Gasteiger partial charge >= 0.3 is 6.03 Å². The molecule has 10 heteroatoms. The van der Waals surface area contributed by atoms with Gasteiger partial charge < -0.3 is 9.64 Å². The van der Waals surface area contributed by atoms with E-state index in [-0.39, 0.29) is 25.3 Å². The Morgan fingerprint density at radius 1 is 1.16 bits per heavy atom. The Balaban J connectivity index is 1.61. The molecule has 0 aliphatic carbocycles. The molecule has 2 atom stereocenters. The van der Waals surface area contributed by atoms with Crippen molar-refractivity contribution in [3.63, 3.8) is 0 Å². The summed E-state index contributed by atoms with van der Waals surface area (Å²) in [5, 5.41) is 13.7. The standard InChI is InChI=1S/C22H20N4O6/c27-19-22(20(28)25(21(29)23-19)12-14-4-2-1-3-5-14)11-15-10-16(26(30)31)6-7-17(15)24-8-9-32-13-18(22)24/h1-7,10,18H,8-9,11-13H2,(H,23,27,29)/t18-,22+/m1/s1. The number of nitro groups is 1. The topological polar surface area (TPSA) is 122 Å². The highest BCUT2D eigenvalue weighted by Crippen LogP contribution is 2.46. The van der Waals surface area contributed by atoms with Crippen molar-refractivity contribution >= 4 is 29.2 Å². The number of barbiturate groups is 1. The molecule has 0 radical (unpaired) electrons. The van der Waals surface area contributed by atoms with E-state index in [9.17, 15) is 24.5 Å². The summed E-state index contributed by atoms with van der Waals surface area (Å²) in [5.74, 6) is -1.32. The SMILES string of the molecule is O=C1NC(=O)[C@@]2(Cc3cc([N+](=O)[O-])ccc3N3CCOC[C@@H]32)C(=O)N1Cc1ccccc1. The Morgan fingerprint density at radius 2 is 1.94 bits per heavy atom. The van der Waals surface area contributed by atoms with Crippen molar-refractivity contribution < 1.29 is 24.0 Å². The maximum atomic E-state index is 13.8. The molecular formula is C22H20N4O6. The van der Waals surface area contributed by atoms with Gasteiger partial charge in [0.1, 0.15) is 0 Å². The predicted octanol–water partition coefficient (Wildman–Crippen LogP) is 1.62. The fourth-order valence-corrected chi connectivity index (χ4v) is 4.89. The van der Waals surface area contributed by atoms with Crippen molar-refractivity contribution in [2.24, 2.45) is 5.41 Å². The van der Waals surface area contributed by atoms with Crippen molar-refractivity contribution in [3.05, 3.63) is 69.8 Å². The zero-order chi connectivity index (χ0) is 22.5. The second kappa shape index (κ2) is 7.41. The molecule has 2 fully saturated rings. The summed E-state index contributed by atoms with van der Waals surface area (Å²) >= 11 is 0. The lowest BCUT2D eigenvalue weighted by molar-refractivity contribution is -0.384. The van der Waals surface area contributed by atoms with Crippen LogP contribution in [0.25, 0.3) is 0 Å². The van der Waals surface area contributed by atoms with Gasteiger partial charge in [-0.3, -0.25) is 29.9 Å². The summed E-state index contributed by atoms with van der Waals surface area (Å²) in [5.41, 5.74) is 0.248. The lowest BCUT2D eigenvalue weighted by atomic mass is 9.68. The van der Waals surface area contributed by atoms with E-state index in [2.05, 4.69) is 5.32 Å². The molecule has 0 saturated carbocycles. The van der Waals surface area contributed by atoms with Gasteiger partial charge in [0.05, 0.1) is 30.7 Å². The summed E-state index contributed by atoms with van der Waals surface area (Å²) in [6.45, 7) is 0.953. The number of imide groups is 2. The quantitative estimate of drug-likeness (QED) is 0.441. The number of carbonyl (C=O) groups excluding carboxylic acids is 3. The third-order valence-corrected chi connectivity index (χ3v) is 6.43. The molecule has 0 bridgehead atoms. The molecule has 32 heavy (non-hydrogen) atoms. The van der Waals surface area contributed by atoms with Crippen molar-refractivity contribution in [1.29, 1.82) is 0 Å². The van der Waals surface area contributed by atoms with E-state index in [0.717, 1.165) is 16.2 Å². The van der Waals surface area contributed by atoms with Crippen LogP contribution >= 0.6 is 0 Å². The Kier molecular flexibility index (Phi) is 4.66. The number of urea groups is 1. The molecule has 4 amide bonds. The van der Waals surface area contributed by atoms with Gasteiger partial charge in [0.2, 0.25) is 11.8 Å². The maximum absolute atomic E-state index is 13.8. The van der Waals surface area contributed by atoms with E-state index < -0.39 is 34.2 Å². The third-order valence-electron chi connectivity index (χ3n) is 6.43. The number of fused-ring (bicyclic) bond motifs is 4. The number of amides is 4. The maximum Gasteiger partial charge on any atom is 0.331 e. The highest BCUT2D eigenvalue weighted by molar-refractivity contribution is 6.20. The van der Waals surface area contributed by atoms with Crippen LogP contribution in [0.2, 0.25) is 0 Å². The summed E-state index contributed by atoms with van der Waals surface area (Å²) in [7, 11) is 0. The van der Waals surface area contributed by atoms with Gasteiger partial charge in [-0.1, -0.05) is 30.3 Å². The van der Waals surface area contributed by atoms with Gasteiger partial charge in [-0.15, -0.1) is 0 Å². The van der Waals surface area contributed by atoms with E-state index in [1.165, 1.54) is 12.1 Å². The van der Waals surface area contributed by atoms with Crippen molar-refractivity contribution in [2.75, 3.05) is 24.7 Å². The monoisotopic (exact) mass is 436 g/mol. The number of hydrogen-bond acceptors (Lipinski definition) is 7. The minimum absolute atomic E-state index is 0.00983. The average molecular weight is 436 g/mol. The van der Waals surface area contributed by atoms with E-state index in [1.54, 1.807) is 30.3 Å². The third kappa shape index (κ3) is 2.94. The van der Waals surface area contributed by atoms with E-state index >= 15 is 0 Å². The first-order chi connectivity index (χ1) is 15.4. The van der Waals surface area contributed by atoms with Gasteiger partial charge in [0.25, 0.3) is 5.69 Å². The van der Waals surface area contributed by atoms with Crippen LogP contribution < -0.4 is 10.2 Å². The molecule has 1 spiro atoms. The number of hydrogen-bond donors (Lipinski definition) is 1. The number of carbonyl (C=O) groups is 3. The Labute approximate surface area is 182 Å². The molecule has 3 aliphatic heterocycles. The van der Waals surface area contributed by atoms with Crippen molar-refractivity contribution in [2.45, 2.75) is 19.0 Å². The first-order valence-electron chi connectivity index (χ1n) is 10.2. The summed E-state index contributed by atoms with van der Waals surface area (Å²) in [4.78, 5) is 53.5. The van der Waals surface area contributed by atoms with Crippen LogP contribution in [0.5, 0.6) is 0 Å². The van der Waals surface area contributed by atoms with Gasteiger partial charge in [-0.2, -0.15) is 0 Å². The number of non-ortho nitro benzene ring substituents is 1. The summed E-state index contributed by atoms with van der Waals surface area (Å²) < 4.78 is 5.63.